The van der Waals surface area contributed by atoms with Gasteiger partial charge in [-0.3, -0.25) is 10.1 Å². The Morgan fingerprint density at radius 3 is 2.35 bits per heavy atom. The Hall–Kier alpha value is -3.78. The number of ether oxygens (including phenoxy) is 1. The molecule has 0 aliphatic rings. The van der Waals surface area contributed by atoms with Crippen LogP contribution in [-0.2, 0) is 6.42 Å². The number of aryl methyl sites for hydroxylation is 2. The van der Waals surface area contributed by atoms with Crippen molar-refractivity contribution in [2.45, 2.75) is 59.5 Å². The summed E-state index contributed by atoms with van der Waals surface area (Å²) in [5, 5.41) is 15.4. The third-order valence-electron chi connectivity index (χ3n) is 6.22. The van der Waals surface area contributed by atoms with Gasteiger partial charge in [0.2, 0.25) is 0 Å². The van der Waals surface area contributed by atoms with Crippen LogP contribution >= 0.6 is 12.2 Å². The van der Waals surface area contributed by atoms with Crippen LogP contribution in [-0.4, -0.2) is 32.1 Å². The predicted octanol–water partition coefficient (Wildman–Crippen LogP) is 6.38. The highest BCUT2D eigenvalue weighted by Gasteiger charge is 2.12. The average Bonchev–Trinajstić information content (AvgIpc) is 3.30. The Morgan fingerprint density at radius 1 is 1.03 bits per heavy atom. The van der Waals surface area contributed by atoms with Gasteiger partial charge in [-0.25, -0.2) is 0 Å². The van der Waals surface area contributed by atoms with E-state index in [9.17, 15) is 4.79 Å². The van der Waals surface area contributed by atoms with Crippen LogP contribution in [0.25, 0.3) is 16.7 Å². The summed E-state index contributed by atoms with van der Waals surface area (Å²) in [6.45, 7) is 8.23. The third kappa shape index (κ3) is 6.71. The summed E-state index contributed by atoms with van der Waals surface area (Å²) < 4.78 is 5.77. The smallest absolute Gasteiger partial charge is 0.257 e. The van der Waals surface area contributed by atoms with Gasteiger partial charge in [-0.15, -0.1) is 10.2 Å². The van der Waals surface area contributed by atoms with Crippen LogP contribution in [0.1, 0.15) is 61.5 Å². The lowest BCUT2D eigenvalue weighted by Crippen LogP contribution is -2.34. The molecule has 1 heterocycles. The van der Waals surface area contributed by atoms with Gasteiger partial charge in [0.05, 0.1) is 11.8 Å². The summed E-state index contributed by atoms with van der Waals surface area (Å²) in [5.41, 5.74) is 5.94. The summed E-state index contributed by atoms with van der Waals surface area (Å²) in [7, 11) is 0. The van der Waals surface area contributed by atoms with Crippen LogP contribution < -0.4 is 15.4 Å². The number of hydrogen-bond acceptors (Lipinski definition) is 5. The van der Waals surface area contributed by atoms with Crippen molar-refractivity contribution in [1.82, 2.24) is 20.3 Å². The van der Waals surface area contributed by atoms with Crippen molar-refractivity contribution >= 4 is 40.0 Å². The molecule has 7 nitrogen and oxygen atoms in total. The quantitative estimate of drug-likeness (QED) is 0.252. The maximum Gasteiger partial charge on any atom is 0.257 e. The monoisotopic (exact) mass is 515 g/mol. The van der Waals surface area contributed by atoms with Gasteiger partial charge in [0.1, 0.15) is 16.8 Å². The van der Waals surface area contributed by atoms with Gasteiger partial charge >= 0.3 is 0 Å². The maximum atomic E-state index is 12.7. The number of anilines is 1. The Bertz CT molecular complexity index is 1380. The lowest BCUT2D eigenvalue weighted by atomic mass is 10.1. The van der Waals surface area contributed by atoms with Crippen molar-refractivity contribution in [3.05, 3.63) is 77.4 Å². The molecule has 2 N–H and O–H groups in total. The zero-order valence-electron chi connectivity index (χ0n) is 21.7. The molecule has 4 aromatic rings. The Balaban J connectivity index is 1.42. The standard InChI is InChI=1S/C29H33N5O2S/c1-5-7-8-21-9-13-23(14-10-21)34-32-26-17-19(3)25(18-27(26)33-34)30-29(37)31-28(35)22-11-15-24(16-12-22)36-20(4)6-2/h9-18,20H,5-8H2,1-4H3,(H2,30,31,35,37)/t20-/m1/s1. The van der Waals surface area contributed by atoms with E-state index in [4.69, 9.17) is 17.0 Å². The van der Waals surface area contributed by atoms with Crippen LogP contribution in [0.4, 0.5) is 5.69 Å². The Morgan fingerprint density at radius 2 is 1.70 bits per heavy atom. The molecule has 0 radical (unpaired) electrons. The van der Waals surface area contributed by atoms with Gasteiger partial charge in [0.15, 0.2) is 5.11 Å². The van der Waals surface area contributed by atoms with Crippen molar-refractivity contribution in [2.75, 3.05) is 5.32 Å². The molecule has 0 fully saturated rings. The number of nitrogens with one attached hydrogen (secondary N) is 2. The molecule has 192 valence electrons. The SMILES string of the molecule is CCCCc1ccc(-n2nc3cc(C)c(NC(=S)NC(=O)c4ccc(O[C@H](C)CC)cc4)cc3n2)cc1. The summed E-state index contributed by atoms with van der Waals surface area (Å²) in [6, 6.07) is 19.2. The van der Waals surface area contributed by atoms with E-state index in [2.05, 4.69) is 46.8 Å². The van der Waals surface area contributed by atoms with E-state index >= 15 is 0 Å². The number of carbonyl (C=O) groups is 1. The number of aromatic nitrogens is 3. The Kier molecular flexibility index (Phi) is 8.50. The predicted molar refractivity (Wildman–Crippen MR) is 153 cm³/mol. The molecule has 0 spiro atoms. The van der Waals surface area contributed by atoms with Crippen LogP contribution in [0.5, 0.6) is 5.75 Å². The molecule has 0 saturated carbocycles. The second-order valence-electron chi connectivity index (χ2n) is 9.18. The molecule has 1 atom stereocenters. The number of hydrogen-bond donors (Lipinski definition) is 2. The highest BCUT2D eigenvalue weighted by atomic mass is 32.1. The molecule has 0 saturated heterocycles. The summed E-state index contributed by atoms with van der Waals surface area (Å²) in [6.07, 6.45) is 4.47. The Labute approximate surface area is 223 Å². The highest BCUT2D eigenvalue weighted by molar-refractivity contribution is 7.80. The van der Waals surface area contributed by atoms with Crippen LogP contribution in [0.2, 0.25) is 0 Å². The second kappa shape index (κ2) is 12.0. The van der Waals surface area contributed by atoms with Crippen LogP contribution in [0, 0.1) is 6.92 Å². The first-order chi connectivity index (χ1) is 17.9. The van der Waals surface area contributed by atoms with E-state index in [1.165, 1.54) is 18.4 Å². The van der Waals surface area contributed by atoms with Crippen molar-refractivity contribution in [1.29, 1.82) is 0 Å². The van der Waals surface area contributed by atoms with Gasteiger partial charge in [0, 0.05) is 11.3 Å². The second-order valence-corrected chi connectivity index (χ2v) is 9.59. The van der Waals surface area contributed by atoms with Crippen LogP contribution in [0.3, 0.4) is 0 Å². The van der Waals surface area contributed by atoms with Gasteiger partial charge < -0.3 is 10.1 Å². The number of thiocarbonyl (C=S) groups is 1. The number of amides is 1. The summed E-state index contributed by atoms with van der Waals surface area (Å²) >= 11 is 5.41. The molecular weight excluding hydrogens is 482 g/mol. The zero-order valence-corrected chi connectivity index (χ0v) is 22.6. The summed E-state index contributed by atoms with van der Waals surface area (Å²) in [5.74, 6) is 0.440. The first kappa shape index (κ1) is 26.3. The average molecular weight is 516 g/mol. The van der Waals surface area contributed by atoms with E-state index in [-0.39, 0.29) is 17.1 Å². The molecule has 0 unspecified atom stereocenters. The van der Waals surface area contributed by atoms with Gasteiger partial charge in [-0.2, -0.15) is 4.80 Å². The molecule has 3 aromatic carbocycles. The number of benzene rings is 3. The number of rotatable bonds is 9. The largest absolute Gasteiger partial charge is 0.491 e. The first-order valence-electron chi connectivity index (χ1n) is 12.7. The van der Waals surface area contributed by atoms with E-state index < -0.39 is 0 Å². The van der Waals surface area contributed by atoms with E-state index in [1.807, 2.05) is 38.1 Å². The summed E-state index contributed by atoms with van der Waals surface area (Å²) in [4.78, 5) is 14.3. The minimum absolute atomic E-state index is 0.120. The zero-order chi connectivity index (χ0) is 26.4. The molecule has 0 aliphatic carbocycles. The number of unbranched alkanes of at least 4 members (excludes halogenated alkanes) is 1. The van der Waals surface area contributed by atoms with Crippen molar-refractivity contribution < 1.29 is 9.53 Å². The van der Waals surface area contributed by atoms with Gasteiger partial charge in [-0.1, -0.05) is 32.4 Å². The lowest BCUT2D eigenvalue weighted by Gasteiger charge is -2.13. The number of fused-ring (bicyclic) bond motifs is 1. The minimum Gasteiger partial charge on any atom is -0.491 e. The lowest BCUT2D eigenvalue weighted by molar-refractivity contribution is 0.0977. The normalized spacial score (nSPS) is 11.8. The third-order valence-corrected chi connectivity index (χ3v) is 6.42. The fourth-order valence-electron chi connectivity index (χ4n) is 3.82. The van der Waals surface area contributed by atoms with E-state index in [0.29, 0.717) is 5.56 Å². The highest BCUT2D eigenvalue weighted by Crippen LogP contribution is 2.23. The first-order valence-corrected chi connectivity index (χ1v) is 13.1. The van der Waals surface area contributed by atoms with Crippen molar-refractivity contribution in [3.63, 3.8) is 0 Å². The van der Waals surface area contributed by atoms with Crippen molar-refractivity contribution in [3.8, 4) is 11.4 Å². The fraction of sp³-hybridized carbons (Fsp3) is 0.310. The maximum absolute atomic E-state index is 12.7. The van der Waals surface area contributed by atoms with E-state index in [1.54, 1.807) is 29.1 Å². The molecule has 4 rings (SSSR count). The number of carbonyl (C=O) groups excluding carboxylic acids is 1. The molecule has 37 heavy (non-hydrogen) atoms. The number of nitrogens with zero attached hydrogens (tertiary/aromatic N) is 3. The molecule has 8 heteroatoms. The minimum atomic E-state index is -0.292. The molecule has 0 aliphatic heterocycles. The van der Waals surface area contributed by atoms with E-state index in [0.717, 1.165) is 46.6 Å². The topological polar surface area (TPSA) is 81.1 Å². The molecular formula is C29H33N5O2S. The van der Waals surface area contributed by atoms with Crippen LogP contribution in [0.15, 0.2) is 60.7 Å². The molecule has 1 aromatic heterocycles. The van der Waals surface area contributed by atoms with Gasteiger partial charge in [0.25, 0.3) is 5.91 Å². The fourth-order valence-corrected chi connectivity index (χ4v) is 4.03. The molecule has 1 amide bonds. The van der Waals surface area contributed by atoms with Crippen molar-refractivity contribution in [2.24, 2.45) is 0 Å². The molecule has 0 bridgehead atoms. The van der Waals surface area contributed by atoms with Gasteiger partial charge in [-0.05, 0) is 105 Å².